The molecule has 3 aliphatic rings. The van der Waals surface area contributed by atoms with Gasteiger partial charge in [-0.3, -0.25) is 4.68 Å². The lowest BCUT2D eigenvalue weighted by atomic mass is 9.59. The van der Waals surface area contributed by atoms with Crippen LogP contribution in [0.4, 0.5) is 10.5 Å². The number of carbonyl (C=O) groups is 1. The van der Waals surface area contributed by atoms with Crippen LogP contribution in [0.25, 0.3) is 0 Å². The number of aryl methyl sites for hydroxylation is 1. The molecule has 2 N–H and O–H groups in total. The van der Waals surface area contributed by atoms with Gasteiger partial charge >= 0.3 is 6.09 Å². The van der Waals surface area contributed by atoms with E-state index in [2.05, 4.69) is 33.1 Å². The van der Waals surface area contributed by atoms with E-state index in [1.807, 2.05) is 30.3 Å². The van der Waals surface area contributed by atoms with E-state index >= 15 is 0 Å². The first-order valence-electron chi connectivity index (χ1n) is 15.4. The first-order chi connectivity index (χ1) is 21.2. The van der Waals surface area contributed by atoms with Crippen LogP contribution in [-0.4, -0.2) is 68.0 Å². The number of nitrogens with zero attached hydrogens (tertiary/aromatic N) is 5. The zero-order valence-corrected chi connectivity index (χ0v) is 25.9. The number of aromatic nitrogens is 2. The molecule has 2 aliphatic heterocycles. The summed E-state index contributed by atoms with van der Waals surface area (Å²) in [5, 5.41) is 14.8. The number of carbonyl (C=O) groups excluding carboxylic acids is 1. The molecule has 44 heavy (non-hydrogen) atoms. The molecular weight excluding hydrogens is 576 g/mol. The highest BCUT2D eigenvalue weighted by Crippen LogP contribution is 2.51. The Labute approximate surface area is 259 Å². The van der Waals surface area contributed by atoms with Crippen molar-refractivity contribution in [3.8, 4) is 6.07 Å². The number of hydrogen-bond acceptors (Lipinski definition) is 8. The first-order valence-corrected chi connectivity index (χ1v) is 16.9. The molecule has 0 bridgehead atoms. The molecule has 6 rings (SSSR count). The van der Waals surface area contributed by atoms with E-state index < -0.39 is 21.3 Å². The van der Waals surface area contributed by atoms with E-state index in [1.165, 1.54) is 17.1 Å². The van der Waals surface area contributed by atoms with Crippen molar-refractivity contribution in [1.29, 1.82) is 5.26 Å². The summed E-state index contributed by atoms with van der Waals surface area (Å²) in [5.41, 5.74) is 6.74. The Morgan fingerprint density at radius 3 is 2.36 bits per heavy atom. The molecule has 2 saturated heterocycles. The van der Waals surface area contributed by atoms with Crippen LogP contribution in [0, 0.1) is 29.1 Å². The molecule has 3 fully saturated rings. The Hall–Kier alpha value is -3.88. The number of hydrogen-bond donors (Lipinski definition) is 1. The van der Waals surface area contributed by atoms with Crippen LogP contribution in [0.15, 0.2) is 76.8 Å². The standard InChI is InChI=1S/C33H40N6O4S/c1-37-22-29(18-36-37)44(41,42)28-12-10-27(11-13-28)39-20-24(21-39)19-38-16-14-26(15-17-38)33(23-34,25-6-3-2-4-7-25)30-8-5-9-31(30)43-32(35)40/h2-4,6-7,10-13,18,22,24,26,30-31H,5,8-9,14-17,19-21H2,1H3,(H2,35,40)/t30-,31-,33?/m0/s1. The average molecular weight is 617 g/mol. The number of sulfone groups is 1. The fourth-order valence-corrected chi connectivity index (χ4v) is 9.03. The number of piperidine rings is 1. The minimum Gasteiger partial charge on any atom is -0.446 e. The quantitative estimate of drug-likeness (QED) is 0.379. The van der Waals surface area contributed by atoms with Crippen LogP contribution < -0.4 is 10.6 Å². The van der Waals surface area contributed by atoms with Gasteiger partial charge in [0.2, 0.25) is 9.84 Å². The SMILES string of the molecule is Cn1cc(S(=O)(=O)c2ccc(N3CC(CN4CCC(C(C#N)(c5ccccc5)[C@H]5CCC[C@@H]5OC(N)=O)CC4)C3)cc2)cn1. The van der Waals surface area contributed by atoms with Crippen LogP contribution in [-0.2, 0) is 27.0 Å². The number of ether oxygens (including phenoxy) is 1. The highest BCUT2D eigenvalue weighted by Gasteiger charge is 2.53. The maximum Gasteiger partial charge on any atom is 0.404 e. The fraction of sp³-hybridized carbons (Fsp3) is 0.485. The van der Waals surface area contributed by atoms with E-state index in [-0.39, 0.29) is 27.7 Å². The summed E-state index contributed by atoms with van der Waals surface area (Å²) in [5.74, 6) is 0.612. The number of amides is 1. The van der Waals surface area contributed by atoms with Gasteiger partial charge in [0.25, 0.3) is 0 Å². The predicted octanol–water partition coefficient (Wildman–Crippen LogP) is 4.13. The molecule has 1 aromatic heterocycles. The molecule has 0 spiro atoms. The molecule has 1 aliphatic carbocycles. The van der Waals surface area contributed by atoms with Crippen molar-refractivity contribution >= 4 is 21.6 Å². The first kappa shape index (κ1) is 30.2. The molecule has 3 aromatic rings. The molecule has 1 saturated carbocycles. The zero-order chi connectivity index (χ0) is 30.9. The lowest BCUT2D eigenvalue weighted by Crippen LogP contribution is -2.54. The summed E-state index contributed by atoms with van der Waals surface area (Å²) in [6.45, 7) is 4.70. The van der Waals surface area contributed by atoms with Gasteiger partial charge < -0.3 is 20.3 Å². The molecular formula is C33H40N6O4S. The third-order valence-electron chi connectivity index (χ3n) is 9.95. The Morgan fingerprint density at radius 2 is 1.75 bits per heavy atom. The topological polar surface area (TPSA) is 135 Å². The zero-order valence-electron chi connectivity index (χ0n) is 25.1. The number of likely N-dealkylation sites (tertiary alicyclic amines) is 1. The predicted molar refractivity (Wildman–Crippen MR) is 165 cm³/mol. The van der Waals surface area contributed by atoms with Crippen LogP contribution >= 0.6 is 0 Å². The smallest absolute Gasteiger partial charge is 0.404 e. The van der Waals surface area contributed by atoms with E-state index in [0.29, 0.717) is 5.92 Å². The van der Waals surface area contributed by atoms with E-state index in [0.717, 1.165) is 76.1 Å². The van der Waals surface area contributed by atoms with Crippen molar-refractivity contribution in [1.82, 2.24) is 14.7 Å². The van der Waals surface area contributed by atoms with Gasteiger partial charge in [0.05, 0.1) is 22.6 Å². The summed E-state index contributed by atoms with van der Waals surface area (Å²) >= 11 is 0. The normalized spacial score (nSPS) is 23.0. The summed E-state index contributed by atoms with van der Waals surface area (Å²) in [4.78, 5) is 17.0. The van der Waals surface area contributed by atoms with Gasteiger partial charge in [0.15, 0.2) is 0 Å². The molecule has 1 amide bonds. The van der Waals surface area contributed by atoms with Gasteiger partial charge in [-0.2, -0.15) is 10.4 Å². The number of rotatable bonds is 9. The van der Waals surface area contributed by atoms with Crippen molar-refractivity contribution in [2.45, 2.75) is 53.4 Å². The molecule has 0 radical (unpaired) electrons. The second-order valence-electron chi connectivity index (χ2n) is 12.6. The molecule has 3 heterocycles. The van der Waals surface area contributed by atoms with Crippen molar-refractivity contribution < 1.29 is 17.9 Å². The third-order valence-corrected chi connectivity index (χ3v) is 11.7. The number of anilines is 1. The third kappa shape index (κ3) is 5.69. The Bertz CT molecular complexity index is 1610. The van der Waals surface area contributed by atoms with Gasteiger partial charge in [0, 0.05) is 50.4 Å². The summed E-state index contributed by atoms with van der Waals surface area (Å²) in [7, 11) is -1.89. The number of primary amides is 1. The van der Waals surface area contributed by atoms with E-state index in [4.69, 9.17) is 10.5 Å². The molecule has 3 atom stereocenters. The Kier molecular flexibility index (Phi) is 8.40. The van der Waals surface area contributed by atoms with Crippen molar-refractivity contribution in [2.24, 2.45) is 30.5 Å². The highest BCUT2D eigenvalue weighted by atomic mass is 32.2. The number of nitriles is 1. The van der Waals surface area contributed by atoms with Gasteiger partial charge in [-0.05, 0) is 80.9 Å². The van der Waals surface area contributed by atoms with Gasteiger partial charge in [-0.15, -0.1) is 0 Å². The summed E-state index contributed by atoms with van der Waals surface area (Å²) < 4.78 is 32.8. The fourth-order valence-electron chi connectivity index (χ4n) is 7.78. The monoisotopic (exact) mass is 616 g/mol. The highest BCUT2D eigenvalue weighted by molar-refractivity contribution is 7.91. The van der Waals surface area contributed by atoms with Crippen LogP contribution in [0.2, 0.25) is 0 Å². The van der Waals surface area contributed by atoms with E-state index in [9.17, 15) is 18.5 Å². The largest absolute Gasteiger partial charge is 0.446 e. The minimum absolute atomic E-state index is 0.0788. The maximum absolute atomic E-state index is 12.9. The lowest BCUT2D eigenvalue weighted by molar-refractivity contribution is 0.0337. The van der Waals surface area contributed by atoms with Crippen molar-refractivity contribution in [3.05, 3.63) is 72.6 Å². The number of benzene rings is 2. The Balaban J connectivity index is 1.06. The lowest BCUT2D eigenvalue weighted by Gasteiger charge is -2.47. The summed E-state index contributed by atoms with van der Waals surface area (Å²) in [6, 6.07) is 20.0. The van der Waals surface area contributed by atoms with E-state index in [1.54, 1.807) is 19.2 Å². The van der Waals surface area contributed by atoms with Gasteiger partial charge in [-0.25, -0.2) is 13.2 Å². The molecule has 232 valence electrons. The van der Waals surface area contributed by atoms with Crippen LogP contribution in [0.1, 0.15) is 37.7 Å². The maximum atomic E-state index is 12.9. The van der Waals surface area contributed by atoms with Crippen molar-refractivity contribution in [3.63, 3.8) is 0 Å². The summed E-state index contributed by atoms with van der Waals surface area (Å²) in [6.07, 6.45) is 6.10. The van der Waals surface area contributed by atoms with Crippen molar-refractivity contribution in [2.75, 3.05) is 37.6 Å². The molecule has 10 nitrogen and oxygen atoms in total. The average Bonchev–Trinajstić information content (AvgIpc) is 3.66. The number of nitrogens with two attached hydrogens (primary N) is 1. The van der Waals surface area contributed by atoms with Crippen LogP contribution in [0.3, 0.4) is 0 Å². The van der Waals surface area contributed by atoms with Gasteiger partial charge in [0.1, 0.15) is 11.0 Å². The van der Waals surface area contributed by atoms with Gasteiger partial charge in [-0.1, -0.05) is 30.3 Å². The minimum atomic E-state index is -3.58. The second kappa shape index (κ2) is 12.3. The Morgan fingerprint density at radius 1 is 1.05 bits per heavy atom. The molecule has 1 unspecified atom stereocenters. The molecule has 2 aromatic carbocycles. The second-order valence-corrected chi connectivity index (χ2v) is 14.5. The van der Waals surface area contributed by atoms with Crippen LogP contribution in [0.5, 0.6) is 0 Å². The molecule has 11 heteroatoms.